The Balaban J connectivity index is 1.32. The first-order valence-electron chi connectivity index (χ1n) is 10.7. The summed E-state index contributed by atoms with van der Waals surface area (Å²) in [6.07, 6.45) is 0.0482. The summed E-state index contributed by atoms with van der Waals surface area (Å²) in [5.41, 5.74) is 0.674. The molecule has 0 radical (unpaired) electrons. The Labute approximate surface area is 196 Å². The van der Waals surface area contributed by atoms with Crippen LogP contribution in [0.2, 0.25) is 0 Å². The van der Waals surface area contributed by atoms with Crippen molar-refractivity contribution in [3.05, 3.63) is 58.9 Å². The fourth-order valence-corrected chi connectivity index (χ4v) is 4.76. The summed E-state index contributed by atoms with van der Waals surface area (Å²) in [5, 5.41) is 11.1. The lowest BCUT2D eigenvalue weighted by Gasteiger charge is -2.31. The number of pyridine rings is 2. The quantitative estimate of drug-likeness (QED) is 0.410. The molecule has 1 fully saturated rings. The van der Waals surface area contributed by atoms with E-state index in [0.717, 1.165) is 24.5 Å². The molecule has 0 atom stereocenters. The number of nitrogens with one attached hydrogen (secondary N) is 1. The van der Waals surface area contributed by atoms with Crippen LogP contribution in [0.3, 0.4) is 0 Å². The van der Waals surface area contributed by atoms with Crippen molar-refractivity contribution in [2.75, 3.05) is 25.0 Å². The molecule has 1 saturated heterocycles. The van der Waals surface area contributed by atoms with Gasteiger partial charge in [-0.25, -0.2) is 9.97 Å². The minimum Gasteiger partial charge on any atom is -0.369 e. The van der Waals surface area contributed by atoms with Crippen LogP contribution in [0.5, 0.6) is 0 Å². The molecular formula is C23H20F3N5O2S. The SMILES string of the molecule is O=C(c1ccno1)N1CCC(CNc2ncc(-c3ccsc3)c3nc(C(F)(F)F)ccc23)CC1. The third-order valence-corrected chi connectivity index (χ3v) is 6.64. The summed E-state index contributed by atoms with van der Waals surface area (Å²) in [4.78, 5) is 22.6. The van der Waals surface area contributed by atoms with Gasteiger partial charge < -0.3 is 14.7 Å². The summed E-state index contributed by atoms with van der Waals surface area (Å²) in [5.74, 6) is 0.834. The van der Waals surface area contributed by atoms with Crippen molar-refractivity contribution in [1.29, 1.82) is 0 Å². The topological polar surface area (TPSA) is 84.2 Å². The van der Waals surface area contributed by atoms with Crippen molar-refractivity contribution in [2.24, 2.45) is 5.92 Å². The Morgan fingerprint density at radius 1 is 1.21 bits per heavy atom. The number of halogens is 3. The molecule has 1 amide bonds. The number of aromatic nitrogens is 3. The predicted molar refractivity (Wildman–Crippen MR) is 121 cm³/mol. The second-order valence-electron chi connectivity index (χ2n) is 8.12. The monoisotopic (exact) mass is 487 g/mol. The van der Waals surface area contributed by atoms with Gasteiger partial charge in [0, 0.05) is 42.8 Å². The van der Waals surface area contributed by atoms with E-state index in [9.17, 15) is 18.0 Å². The van der Waals surface area contributed by atoms with Crippen LogP contribution in [0.1, 0.15) is 29.1 Å². The summed E-state index contributed by atoms with van der Waals surface area (Å²) in [7, 11) is 0. The number of fused-ring (bicyclic) bond motifs is 1. The van der Waals surface area contributed by atoms with Crippen molar-refractivity contribution in [3.63, 3.8) is 0 Å². The van der Waals surface area contributed by atoms with Gasteiger partial charge in [-0.2, -0.15) is 24.5 Å². The molecule has 4 aromatic rings. The van der Waals surface area contributed by atoms with Crippen molar-refractivity contribution in [1.82, 2.24) is 20.0 Å². The minimum atomic E-state index is -4.53. The number of piperidine rings is 1. The van der Waals surface area contributed by atoms with Gasteiger partial charge >= 0.3 is 6.18 Å². The van der Waals surface area contributed by atoms with Crippen LogP contribution in [-0.4, -0.2) is 45.6 Å². The van der Waals surface area contributed by atoms with Crippen LogP contribution in [0.4, 0.5) is 19.0 Å². The maximum atomic E-state index is 13.3. The van der Waals surface area contributed by atoms with E-state index >= 15 is 0 Å². The number of nitrogens with zero attached hydrogens (tertiary/aromatic N) is 4. The molecule has 7 nitrogen and oxygen atoms in total. The Morgan fingerprint density at radius 2 is 2.03 bits per heavy atom. The molecule has 5 heterocycles. The lowest BCUT2D eigenvalue weighted by atomic mass is 9.96. The van der Waals surface area contributed by atoms with Gasteiger partial charge in [0.25, 0.3) is 5.91 Å². The molecule has 5 rings (SSSR count). The first kappa shape index (κ1) is 22.3. The van der Waals surface area contributed by atoms with Crippen molar-refractivity contribution >= 4 is 34.0 Å². The van der Waals surface area contributed by atoms with Crippen LogP contribution in [0, 0.1) is 5.92 Å². The highest BCUT2D eigenvalue weighted by Crippen LogP contribution is 2.35. The molecule has 4 aromatic heterocycles. The third-order valence-electron chi connectivity index (χ3n) is 5.96. The number of amides is 1. The van der Waals surface area contributed by atoms with Crippen LogP contribution in [0.15, 0.2) is 51.9 Å². The zero-order chi connectivity index (χ0) is 23.7. The number of anilines is 1. The van der Waals surface area contributed by atoms with E-state index in [2.05, 4.69) is 20.4 Å². The van der Waals surface area contributed by atoms with Gasteiger partial charge in [0.15, 0.2) is 0 Å². The van der Waals surface area contributed by atoms with Crippen LogP contribution < -0.4 is 5.32 Å². The number of hydrogen-bond acceptors (Lipinski definition) is 7. The lowest BCUT2D eigenvalue weighted by Crippen LogP contribution is -2.39. The smallest absolute Gasteiger partial charge is 0.369 e. The second kappa shape index (κ2) is 9.05. The van der Waals surface area contributed by atoms with Crippen molar-refractivity contribution in [2.45, 2.75) is 19.0 Å². The first-order valence-corrected chi connectivity index (χ1v) is 11.7. The van der Waals surface area contributed by atoms with E-state index < -0.39 is 11.9 Å². The van der Waals surface area contributed by atoms with E-state index in [1.54, 1.807) is 17.2 Å². The van der Waals surface area contributed by atoms with Crippen molar-refractivity contribution < 1.29 is 22.5 Å². The van der Waals surface area contributed by atoms with E-state index in [1.165, 1.54) is 23.6 Å². The molecule has 1 aliphatic rings. The molecular weight excluding hydrogens is 467 g/mol. The predicted octanol–water partition coefficient (Wildman–Crippen LogP) is 5.33. The number of alkyl halides is 3. The Kier molecular flexibility index (Phi) is 5.94. The molecule has 1 aliphatic heterocycles. The number of likely N-dealkylation sites (tertiary alicyclic amines) is 1. The molecule has 0 aromatic carbocycles. The van der Waals surface area contributed by atoms with Crippen LogP contribution in [-0.2, 0) is 6.18 Å². The van der Waals surface area contributed by atoms with Crippen LogP contribution >= 0.6 is 11.3 Å². The van der Waals surface area contributed by atoms with Gasteiger partial charge in [-0.05, 0) is 53.3 Å². The Bertz CT molecular complexity index is 1280. The van der Waals surface area contributed by atoms with Crippen LogP contribution in [0.25, 0.3) is 22.0 Å². The average molecular weight is 488 g/mol. The standard InChI is InChI=1S/C23H20F3N5O2S/c24-23(25,26)19-2-1-16-20(30-19)17(15-6-10-34-13-15)12-28-21(16)27-11-14-4-8-31(9-5-14)22(32)18-3-7-29-33-18/h1-3,6-7,10,12-14H,4-5,8-9,11H2,(H,27,28). The van der Waals surface area contributed by atoms with Gasteiger partial charge in [-0.15, -0.1) is 0 Å². The summed E-state index contributed by atoms with van der Waals surface area (Å²) in [6.45, 7) is 1.77. The summed E-state index contributed by atoms with van der Waals surface area (Å²) >= 11 is 1.46. The molecule has 0 saturated carbocycles. The maximum Gasteiger partial charge on any atom is 0.433 e. The molecule has 176 valence electrons. The fraction of sp³-hybridized carbons (Fsp3) is 0.304. The Morgan fingerprint density at radius 3 is 2.71 bits per heavy atom. The number of hydrogen-bond donors (Lipinski definition) is 1. The zero-order valence-corrected chi connectivity index (χ0v) is 18.7. The highest BCUT2D eigenvalue weighted by Gasteiger charge is 2.33. The highest BCUT2D eigenvalue weighted by atomic mass is 32.1. The molecule has 0 bridgehead atoms. The van der Waals surface area contributed by atoms with E-state index in [1.807, 2.05) is 16.8 Å². The molecule has 0 unspecified atom stereocenters. The Hall–Kier alpha value is -3.47. The molecule has 0 aliphatic carbocycles. The van der Waals surface area contributed by atoms with E-state index in [-0.39, 0.29) is 23.1 Å². The number of carbonyl (C=O) groups is 1. The number of carbonyl (C=O) groups excluding carboxylic acids is 1. The van der Waals surface area contributed by atoms with E-state index in [4.69, 9.17) is 4.52 Å². The molecule has 1 N–H and O–H groups in total. The molecule has 34 heavy (non-hydrogen) atoms. The van der Waals surface area contributed by atoms with Gasteiger partial charge in [-0.3, -0.25) is 4.79 Å². The zero-order valence-electron chi connectivity index (χ0n) is 17.9. The van der Waals surface area contributed by atoms with Gasteiger partial charge in [0.05, 0.1) is 11.7 Å². The summed E-state index contributed by atoms with van der Waals surface area (Å²) in [6, 6.07) is 5.80. The summed E-state index contributed by atoms with van der Waals surface area (Å²) < 4.78 is 44.9. The average Bonchev–Trinajstić information content (AvgIpc) is 3.56. The largest absolute Gasteiger partial charge is 0.433 e. The highest BCUT2D eigenvalue weighted by molar-refractivity contribution is 7.08. The molecule has 0 spiro atoms. The maximum absolute atomic E-state index is 13.3. The molecule has 11 heteroatoms. The third kappa shape index (κ3) is 4.47. The lowest BCUT2D eigenvalue weighted by molar-refractivity contribution is -0.140. The van der Waals surface area contributed by atoms with Gasteiger partial charge in [0.1, 0.15) is 11.5 Å². The van der Waals surface area contributed by atoms with Gasteiger partial charge in [0.2, 0.25) is 5.76 Å². The van der Waals surface area contributed by atoms with Crippen molar-refractivity contribution in [3.8, 4) is 11.1 Å². The number of thiophene rings is 1. The van der Waals surface area contributed by atoms with E-state index in [0.29, 0.717) is 36.4 Å². The second-order valence-corrected chi connectivity index (χ2v) is 8.90. The number of rotatable bonds is 5. The first-order chi connectivity index (χ1) is 16.4. The normalized spacial score (nSPS) is 15.1. The van der Waals surface area contributed by atoms with Gasteiger partial charge in [-0.1, -0.05) is 5.16 Å². The fourth-order valence-electron chi connectivity index (χ4n) is 4.11. The minimum absolute atomic E-state index is 0.174.